The van der Waals surface area contributed by atoms with E-state index in [0.29, 0.717) is 26.1 Å². The number of hydrogen-bond acceptors (Lipinski definition) is 6. The van der Waals surface area contributed by atoms with Gasteiger partial charge in [0, 0.05) is 19.5 Å². The van der Waals surface area contributed by atoms with Crippen molar-refractivity contribution in [2.75, 3.05) is 30.8 Å². The Morgan fingerprint density at radius 1 is 1.42 bits per heavy atom. The number of aromatic nitrogens is 2. The Kier molecular flexibility index (Phi) is 5.08. The third-order valence-electron chi connectivity index (χ3n) is 4.72. The molecule has 0 saturated carbocycles. The molecule has 2 atom stereocenters. The van der Waals surface area contributed by atoms with E-state index in [-0.39, 0.29) is 17.4 Å². The first-order valence-corrected chi connectivity index (χ1v) is 10.2. The summed E-state index contributed by atoms with van der Waals surface area (Å²) in [6.45, 7) is 5.43. The number of hydrogen-bond donors (Lipinski definition) is 1. The summed E-state index contributed by atoms with van der Waals surface area (Å²) in [5, 5.41) is 11.5. The van der Waals surface area contributed by atoms with Crippen molar-refractivity contribution in [1.82, 2.24) is 14.5 Å². The number of sulfonamides is 1. The van der Waals surface area contributed by atoms with Gasteiger partial charge in [-0.15, -0.1) is 5.10 Å². The fraction of sp³-hybridized carbons (Fsp3) is 0.750. The third-order valence-corrected chi connectivity index (χ3v) is 6.74. The maximum absolute atomic E-state index is 12.4. The summed E-state index contributed by atoms with van der Waals surface area (Å²) in [6.07, 6.45) is 3.19. The van der Waals surface area contributed by atoms with E-state index in [4.69, 9.17) is 4.74 Å². The number of anilines is 1. The molecule has 134 valence electrons. The van der Waals surface area contributed by atoms with E-state index in [9.17, 15) is 8.42 Å². The molecule has 8 heteroatoms. The van der Waals surface area contributed by atoms with Gasteiger partial charge in [-0.2, -0.15) is 9.40 Å². The summed E-state index contributed by atoms with van der Waals surface area (Å²) in [5.41, 5.74) is 0.512. The minimum absolute atomic E-state index is 0.135. The molecule has 1 aromatic rings. The molecule has 0 aromatic carbocycles. The quantitative estimate of drug-likeness (QED) is 0.864. The van der Waals surface area contributed by atoms with Crippen LogP contribution in [0.1, 0.15) is 38.3 Å². The second-order valence-corrected chi connectivity index (χ2v) is 8.94. The molecule has 0 unspecified atom stereocenters. The smallest absolute Gasteiger partial charge is 0.214 e. The maximum Gasteiger partial charge on any atom is 0.214 e. The van der Waals surface area contributed by atoms with Crippen LogP contribution in [0.15, 0.2) is 12.1 Å². The molecule has 0 amide bonds. The van der Waals surface area contributed by atoms with Crippen molar-refractivity contribution < 1.29 is 13.2 Å². The van der Waals surface area contributed by atoms with Crippen LogP contribution >= 0.6 is 0 Å². The highest BCUT2D eigenvalue weighted by Gasteiger charge is 2.45. The Morgan fingerprint density at radius 3 is 2.96 bits per heavy atom. The van der Waals surface area contributed by atoms with Gasteiger partial charge in [-0.3, -0.25) is 0 Å². The highest BCUT2D eigenvalue weighted by atomic mass is 32.2. The van der Waals surface area contributed by atoms with Crippen LogP contribution in [-0.2, 0) is 14.8 Å². The van der Waals surface area contributed by atoms with Crippen molar-refractivity contribution in [2.24, 2.45) is 0 Å². The number of aryl methyl sites for hydroxylation is 1. The topological polar surface area (TPSA) is 84.4 Å². The number of nitrogens with zero attached hydrogens (tertiary/aromatic N) is 3. The molecule has 3 rings (SSSR count). The lowest BCUT2D eigenvalue weighted by atomic mass is 9.90. The molecule has 3 heterocycles. The van der Waals surface area contributed by atoms with Gasteiger partial charge in [0.1, 0.15) is 5.82 Å². The zero-order valence-electron chi connectivity index (χ0n) is 14.4. The monoisotopic (exact) mass is 354 g/mol. The minimum atomic E-state index is -3.17. The first-order chi connectivity index (χ1) is 11.4. The highest BCUT2D eigenvalue weighted by molar-refractivity contribution is 7.89. The highest BCUT2D eigenvalue weighted by Crippen LogP contribution is 2.36. The third kappa shape index (κ3) is 3.87. The van der Waals surface area contributed by atoms with Crippen LogP contribution in [0, 0.1) is 6.92 Å². The van der Waals surface area contributed by atoms with Gasteiger partial charge in [-0.25, -0.2) is 8.42 Å². The summed E-state index contributed by atoms with van der Waals surface area (Å²) in [7, 11) is -3.17. The average Bonchev–Trinajstić information content (AvgIpc) is 2.92. The molecular formula is C16H26N4O3S. The van der Waals surface area contributed by atoms with Gasteiger partial charge in [-0.1, -0.05) is 6.92 Å². The molecule has 24 heavy (non-hydrogen) atoms. The van der Waals surface area contributed by atoms with E-state index in [0.717, 1.165) is 30.8 Å². The fourth-order valence-electron chi connectivity index (χ4n) is 3.59. The molecule has 7 nitrogen and oxygen atoms in total. The minimum Gasteiger partial charge on any atom is -0.371 e. The molecule has 0 aliphatic carbocycles. The lowest BCUT2D eigenvalue weighted by molar-refractivity contribution is -0.0329. The number of ether oxygens (including phenoxy) is 1. The normalized spacial score (nSPS) is 28.3. The van der Waals surface area contributed by atoms with Gasteiger partial charge in [0.15, 0.2) is 0 Å². The fourth-order valence-corrected chi connectivity index (χ4v) is 5.20. The Labute approximate surface area is 143 Å². The lowest BCUT2D eigenvalue weighted by Crippen LogP contribution is -2.50. The summed E-state index contributed by atoms with van der Waals surface area (Å²) in [5.74, 6) is 0.946. The van der Waals surface area contributed by atoms with Gasteiger partial charge in [0.05, 0.1) is 29.7 Å². The molecule has 0 bridgehead atoms. The van der Waals surface area contributed by atoms with Crippen LogP contribution in [0.25, 0.3) is 0 Å². The van der Waals surface area contributed by atoms with Crippen LogP contribution in [0.3, 0.4) is 0 Å². The average molecular weight is 354 g/mol. The van der Waals surface area contributed by atoms with Gasteiger partial charge in [0.2, 0.25) is 10.0 Å². The van der Waals surface area contributed by atoms with Crippen LogP contribution in [0.4, 0.5) is 5.82 Å². The standard InChI is InChI=1S/C16H26N4O3S/c1-3-9-24(21,22)20-8-4-7-16(12-20)10-14(11-23-16)17-15-6-5-13(2)18-19-15/h5-6,14H,3-4,7-12H2,1-2H3,(H,17,19)/t14-,16+/m1/s1. The first kappa shape index (κ1) is 17.6. The van der Waals surface area contributed by atoms with Crippen molar-refractivity contribution in [2.45, 2.75) is 51.2 Å². The first-order valence-electron chi connectivity index (χ1n) is 8.61. The molecule has 0 radical (unpaired) electrons. The molecule has 2 fully saturated rings. The molecule has 1 N–H and O–H groups in total. The SMILES string of the molecule is CCCS(=O)(=O)N1CCC[C@]2(C[C@@H](Nc3ccc(C)nn3)CO2)C1. The van der Waals surface area contributed by atoms with Crippen molar-refractivity contribution >= 4 is 15.8 Å². The van der Waals surface area contributed by atoms with Crippen molar-refractivity contribution in [3.63, 3.8) is 0 Å². The van der Waals surface area contributed by atoms with E-state index in [1.807, 2.05) is 26.0 Å². The van der Waals surface area contributed by atoms with E-state index < -0.39 is 10.0 Å². The second-order valence-electron chi connectivity index (χ2n) is 6.85. The van der Waals surface area contributed by atoms with Crippen molar-refractivity contribution in [1.29, 1.82) is 0 Å². The second kappa shape index (κ2) is 6.93. The zero-order valence-corrected chi connectivity index (χ0v) is 15.2. The van der Waals surface area contributed by atoms with E-state index in [2.05, 4.69) is 15.5 Å². The van der Waals surface area contributed by atoms with Crippen molar-refractivity contribution in [3.05, 3.63) is 17.8 Å². The van der Waals surface area contributed by atoms with Crippen LogP contribution in [-0.4, -0.2) is 60.0 Å². The van der Waals surface area contributed by atoms with Gasteiger partial charge in [0.25, 0.3) is 0 Å². The molecule has 2 aliphatic heterocycles. The van der Waals surface area contributed by atoms with Crippen LogP contribution in [0.5, 0.6) is 0 Å². The summed E-state index contributed by atoms with van der Waals surface area (Å²) in [6, 6.07) is 3.96. The Morgan fingerprint density at radius 2 is 2.25 bits per heavy atom. The zero-order chi connectivity index (χ0) is 17.2. The van der Waals surface area contributed by atoms with Crippen molar-refractivity contribution in [3.8, 4) is 0 Å². The van der Waals surface area contributed by atoms with Crippen LogP contribution in [0.2, 0.25) is 0 Å². The summed E-state index contributed by atoms with van der Waals surface area (Å²) >= 11 is 0. The van der Waals surface area contributed by atoms with Crippen LogP contribution < -0.4 is 5.32 Å². The van der Waals surface area contributed by atoms with E-state index in [1.54, 1.807) is 4.31 Å². The Hall–Kier alpha value is -1.25. The summed E-state index contributed by atoms with van der Waals surface area (Å²) < 4.78 is 32.4. The predicted molar refractivity (Wildman–Crippen MR) is 92.4 cm³/mol. The van der Waals surface area contributed by atoms with Gasteiger partial charge >= 0.3 is 0 Å². The van der Waals surface area contributed by atoms with E-state index in [1.165, 1.54) is 0 Å². The number of piperidine rings is 1. The largest absolute Gasteiger partial charge is 0.371 e. The molecule has 2 aliphatic rings. The Bertz CT molecular complexity index is 664. The molecule has 1 spiro atoms. The molecule has 2 saturated heterocycles. The van der Waals surface area contributed by atoms with E-state index >= 15 is 0 Å². The lowest BCUT2D eigenvalue weighted by Gasteiger charge is -2.39. The molecule has 1 aromatic heterocycles. The molecular weight excluding hydrogens is 328 g/mol. The number of rotatable bonds is 5. The Balaban J connectivity index is 1.63. The maximum atomic E-state index is 12.4. The van der Waals surface area contributed by atoms with Gasteiger partial charge in [-0.05, 0) is 38.3 Å². The predicted octanol–water partition coefficient (Wildman–Crippen LogP) is 1.56. The summed E-state index contributed by atoms with van der Waals surface area (Å²) in [4.78, 5) is 0. The number of nitrogens with one attached hydrogen (secondary N) is 1. The van der Waals surface area contributed by atoms with Gasteiger partial charge < -0.3 is 10.1 Å².